The maximum atomic E-state index is 10.2. The number of carboxylic acids is 1. The number of methoxy groups -OCH3 is 1. The van der Waals surface area contributed by atoms with Gasteiger partial charge in [0.1, 0.15) is 0 Å². The van der Waals surface area contributed by atoms with Crippen molar-refractivity contribution in [3.05, 3.63) is 29.8 Å². The van der Waals surface area contributed by atoms with Crippen LogP contribution in [-0.4, -0.2) is 23.3 Å². The quantitative estimate of drug-likeness (QED) is 0.622. The standard InChI is InChI=1S/C10H10O4.Ti/c1-14-9-6-7(2-4-8(9)11)3-5-10(12)13;/h2-6,11H,1H3,(H,12,13);/b5-3+;. The molecule has 0 aromatic heterocycles. The van der Waals surface area contributed by atoms with E-state index in [0.717, 1.165) is 6.08 Å². The van der Waals surface area contributed by atoms with Crippen molar-refractivity contribution in [3.63, 3.8) is 0 Å². The van der Waals surface area contributed by atoms with Crippen molar-refractivity contribution < 1.29 is 41.5 Å². The maximum absolute atomic E-state index is 10.2. The van der Waals surface area contributed by atoms with Crippen molar-refractivity contribution in [2.24, 2.45) is 0 Å². The van der Waals surface area contributed by atoms with Crippen LogP contribution in [0.4, 0.5) is 0 Å². The molecule has 0 atom stereocenters. The molecule has 0 spiro atoms. The van der Waals surface area contributed by atoms with E-state index in [9.17, 15) is 9.90 Å². The summed E-state index contributed by atoms with van der Waals surface area (Å²) >= 11 is 0. The Morgan fingerprint density at radius 1 is 1.47 bits per heavy atom. The number of hydrogen-bond acceptors (Lipinski definition) is 3. The van der Waals surface area contributed by atoms with E-state index in [0.29, 0.717) is 11.3 Å². The minimum absolute atomic E-state index is 0. The van der Waals surface area contributed by atoms with E-state index < -0.39 is 5.97 Å². The summed E-state index contributed by atoms with van der Waals surface area (Å²) in [6, 6.07) is 4.59. The zero-order chi connectivity index (χ0) is 10.6. The monoisotopic (exact) mass is 242 g/mol. The van der Waals surface area contributed by atoms with Crippen LogP contribution in [0.25, 0.3) is 6.08 Å². The van der Waals surface area contributed by atoms with Crippen molar-refractivity contribution in [3.8, 4) is 11.5 Å². The van der Waals surface area contributed by atoms with Crippen LogP contribution in [0.5, 0.6) is 11.5 Å². The van der Waals surface area contributed by atoms with Gasteiger partial charge in [-0.3, -0.25) is 0 Å². The Bertz CT molecular complexity index is 374. The second-order valence-corrected chi connectivity index (χ2v) is 2.60. The van der Waals surface area contributed by atoms with Crippen LogP contribution < -0.4 is 4.74 Å². The van der Waals surface area contributed by atoms with Crippen molar-refractivity contribution >= 4 is 12.0 Å². The summed E-state index contributed by atoms with van der Waals surface area (Å²) in [5, 5.41) is 17.6. The first-order chi connectivity index (χ1) is 6.63. The van der Waals surface area contributed by atoms with Gasteiger partial charge in [0.2, 0.25) is 0 Å². The summed E-state index contributed by atoms with van der Waals surface area (Å²) in [6.07, 6.45) is 2.44. The number of phenolic OH excluding ortho intramolecular Hbond substituents is 1. The van der Waals surface area contributed by atoms with Crippen LogP contribution in [0.3, 0.4) is 0 Å². The van der Waals surface area contributed by atoms with Crippen LogP contribution in [0.1, 0.15) is 5.56 Å². The Hall–Kier alpha value is -1.26. The molecule has 5 heteroatoms. The number of hydrogen-bond donors (Lipinski definition) is 2. The van der Waals surface area contributed by atoms with Crippen molar-refractivity contribution in [1.29, 1.82) is 0 Å². The minimum atomic E-state index is -1.02. The molecule has 0 unspecified atom stereocenters. The van der Waals surface area contributed by atoms with E-state index >= 15 is 0 Å². The minimum Gasteiger partial charge on any atom is -0.504 e. The molecule has 0 bridgehead atoms. The van der Waals surface area contributed by atoms with Gasteiger partial charge in [0, 0.05) is 27.8 Å². The first kappa shape index (κ1) is 13.7. The Morgan fingerprint density at radius 2 is 2.13 bits per heavy atom. The van der Waals surface area contributed by atoms with Gasteiger partial charge < -0.3 is 14.9 Å². The Kier molecular flexibility index (Phi) is 5.74. The topological polar surface area (TPSA) is 66.8 Å². The first-order valence-corrected chi connectivity index (χ1v) is 3.91. The molecule has 15 heavy (non-hydrogen) atoms. The van der Waals surface area contributed by atoms with E-state index in [1.165, 1.54) is 19.3 Å². The third-order valence-electron chi connectivity index (χ3n) is 1.62. The summed E-state index contributed by atoms with van der Waals surface area (Å²) < 4.78 is 4.86. The fourth-order valence-electron chi connectivity index (χ4n) is 0.965. The van der Waals surface area contributed by atoms with Crippen LogP contribution >= 0.6 is 0 Å². The number of aliphatic carboxylic acids is 1. The predicted octanol–water partition coefficient (Wildman–Crippen LogP) is 1.50. The molecule has 0 aliphatic rings. The van der Waals surface area contributed by atoms with E-state index in [2.05, 4.69) is 0 Å². The van der Waals surface area contributed by atoms with E-state index in [-0.39, 0.29) is 27.5 Å². The predicted molar refractivity (Wildman–Crippen MR) is 51.3 cm³/mol. The summed E-state index contributed by atoms with van der Waals surface area (Å²) in [6.45, 7) is 0. The molecule has 0 saturated carbocycles. The summed E-state index contributed by atoms with van der Waals surface area (Å²) in [5.74, 6) is -0.672. The van der Waals surface area contributed by atoms with Gasteiger partial charge in [-0.15, -0.1) is 0 Å². The molecule has 0 heterocycles. The van der Waals surface area contributed by atoms with Crippen LogP contribution in [0, 0.1) is 0 Å². The van der Waals surface area contributed by atoms with E-state index in [1.807, 2.05) is 0 Å². The summed E-state index contributed by atoms with van der Waals surface area (Å²) in [4.78, 5) is 10.2. The molecular formula is C10H10O4Ti. The van der Waals surface area contributed by atoms with Gasteiger partial charge in [0.05, 0.1) is 7.11 Å². The van der Waals surface area contributed by atoms with Gasteiger partial charge in [-0.25, -0.2) is 4.79 Å². The average Bonchev–Trinajstić information content (AvgIpc) is 2.16. The number of rotatable bonds is 3. The summed E-state index contributed by atoms with van der Waals surface area (Å²) in [7, 11) is 1.43. The second kappa shape index (κ2) is 6.27. The molecule has 2 N–H and O–H groups in total. The SMILES string of the molecule is COc1cc(/C=C/C(=O)O)ccc1O.[Ti]. The number of benzene rings is 1. The van der Waals surface area contributed by atoms with Gasteiger partial charge in [-0.1, -0.05) is 6.07 Å². The molecule has 1 aromatic rings. The third-order valence-corrected chi connectivity index (χ3v) is 1.62. The third kappa shape index (κ3) is 4.19. The van der Waals surface area contributed by atoms with Gasteiger partial charge in [0.15, 0.2) is 11.5 Å². The Balaban J connectivity index is 0.00000196. The molecule has 4 nitrogen and oxygen atoms in total. The number of ether oxygens (including phenoxy) is 1. The fraction of sp³-hybridized carbons (Fsp3) is 0.100. The van der Waals surface area contributed by atoms with Crippen molar-refractivity contribution in [2.75, 3.05) is 7.11 Å². The normalized spacial score (nSPS) is 9.67. The van der Waals surface area contributed by atoms with Gasteiger partial charge in [0.25, 0.3) is 0 Å². The molecule has 0 saturated heterocycles. The van der Waals surface area contributed by atoms with E-state index in [4.69, 9.17) is 9.84 Å². The molecule has 0 aliphatic carbocycles. The van der Waals surface area contributed by atoms with Crippen molar-refractivity contribution in [2.45, 2.75) is 0 Å². The number of carbonyl (C=O) groups is 1. The largest absolute Gasteiger partial charge is 0.504 e. The van der Waals surface area contributed by atoms with E-state index in [1.54, 1.807) is 12.1 Å². The molecule has 0 radical (unpaired) electrons. The second-order valence-electron chi connectivity index (χ2n) is 2.60. The van der Waals surface area contributed by atoms with Crippen LogP contribution in [-0.2, 0) is 26.5 Å². The molecule has 1 aromatic carbocycles. The maximum Gasteiger partial charge on any atom is 0.328 e. The number of phenols is 1. The zero-order valence-electron chi connectivity index (χ0n) is 8.10. The van der Waals surface area contributed by atoms with Crippen molar-refractivity contribution in [1.82, 2.24) is 0 Å². The van der Waals surface area contributed by atoms with Gasteiger partial charge >= 0.3 is 5.97 Å². The zero-order valence-corrected chi connectivity index (χ0v) is 9.66. The summed E-state index contributed by atoms with van der Waals surface area (Å²) in [5.41, 5.74) is 0.655. The number of carboxylic acid groups (broad SMARTS) is 1. The van der Waals surface area contributed by atoms with Gasteiger partial charge in [-0.2, -0.15) is 0 Å². The molecule has 0 fully saturated rings. The fourth-order valence-corrected chi connectivity index (χ4v) is 0.965. The molecule has 78 valence electrons. The molecule has 0 aliphatic heterocycles. The molecule has 1 rings (SSSR count). The molecule has 0 amide bonds. The average molecular weight is 242 g/mol. The first-order valence-electron chi connectivity index (χ1n) is 3.91. The van der Waals surface area contributed by atoms with Crippen LogP contribution in [0.2, 0.25) is 0 Å². The Morgan fingerprint density at radius 3 is 2.67 bits per heavy atom. The molecular weight excluding hydrogens is 232 g/mol. The Labute approximate surface area is 102 Å². The smallest absolute Gasteiger partial charge is 0.328 e. The van der Waals surface area contributed by atoms with Gasteiger partial charge in [-0.05, 0) is 23.8 Å². The number of aromatic hydroxyl groups is 1. The van der Waals surface area contributed by atoms with Crippen LogP contribution in [0.15, 0.2) is 24.3 Å².